The molecule has 2 unspecified atom stereocenters. The van der Waals surface area contributed by atoms with E-state index in [0.29, 0.717) is 6.04 Å². The largest absolute Gasteiger partial charge is 0.380 e. The predicted molar refractivity (Wildman–Crippen MR) is 86.3 cm³/mol. The summed E-state index contributed by atoms with van der Waals surface area (Å²) in [5.74, 6) is 0. The summed E-state index contributed by atoms with van der Waals surface area (Å²) in [6.07, 6.45) is 2.84. The van der Waals surface area contributed by atoms with Crippen molar-refractivity contribution in [3.8, 4) is 0 Å². The summed E-state index contributed by atoms with van der Waals surface area (Å²) in [5, 5.41) is 11.6. The van der Waals surface area contributed by atoms with Crippen LogP contribution in [0.5, 0.6) is 0 Å². The van der Waals surface area contributed by atoms with Crippen LogP contribution in [-0.4, -0.2) is 30.1 Å². The fourth-order valence-corrected chi connectivity index (χ4v) is 3.44. The van der Waals surface area contributed by atoms with Crippen LogP contribution >= 0.6 is 0 Å². The molecule has 2 heteroatoms. The number of aliphatic hydroxyl groups is 1. The Bertz CT molecular complexity index is 608. The monoisotopic (exact) mass is 281 g/mol. The molecule has 0 amide bonds. The van der Waals surface area contributed by atoms with Gasteiger partial charge in [-0.05, 0) is 43.6 Å². The number of aryl methyl sites for hydroxylation is 1. The molecule has 0 aliphatic heterocycles. The van der Waals surface area contributed by atoms with Crippen LogP contribution in [-0.2, 0) is 12.0 Å². The molecule has 1 aliphatic rings. The van der Waals surface area contributed by atoms with Crippen LogP contribution in [0.1, 0.15) is 29.5 Å². The van der Waals surface area contributed by atoms with E-state index in [9.17, 15) is 5.11 Å². The van der Waals surface area contributed by atoms with Crippen molar-refractivity contribution in [2.75, 3.05) is 14.1 Å². The fourth-order valence-electron chi connectivity index (χ4n) is 3.44. The number of fused-ring (bicyclic) bond motifs is 1. The predicted octanol–water partition coefficient (Wildman–Crippen LogP) is 3.19. The Balaban J connectivity index is 2.14. The summed E-state index contributed by atoms with van der Waals surface area (Å²) in [6, 6.07) is 18.8. The van der Waals surface area contributed by atoms with Crippen LogP contribution in [0, 0.1) is 0 Å². The third-order valence-corrected chi connectivity index (χ3v) is 4.72. The number of nitrogens with zero attached hydrogens (tertiary/aromatic N) is 1. The van der Waals surface area contributed by atoms with Crippen molar-refractivity contribution in [2.24, 2.45) is 0 Å². The Labute approximate surface area is 127 Å². The van der Waals surface area contributed by atoms with Crippen LogP contribution in [0.4, 0.5) is 0 Å². The maximum absolute atomic E-state index is 11.6. The standard InChI is InChI=1S/C19H23NO/c1-20(2)17-13-12-15-8-6-7-11-18(15)19(21,14-17)16-9-4-3-5-10-16/h3-11,17,21H,12-14H2,1-2H3. The van der Waals surface area contributed by atoms with Crippen molar-refractivity contribution in [1.29, 1.82) is 0 Å². The zero-order chi connectivity index (χ0) is 14.9. The van der Waals surface area contributed by atoms with E-state index in [4.69, 9.17) is 0 Å². The molecule has 0 heterocycles. The third kappa shape index (κ3) is 2.61. The third-order valence-electron chi connectivity index (χ3n) is 4.72. The average Bonchev–Trinajstić information content (AvgIpc) is 2.67. The lowest BCUT2D eigenvalue weighted by atomic mass is 9.81. The molecule has 1 N–H and O–H groups in total. The molecule has 2 aromatic rings. The second-order valence-corrected chi connectivity index (χ2v) is 6.24. The Morgan fingerprint density at radius 2 is 1.67 bits per heavy atom. The first-order valence-electron chi connectivity index (χ1n) is 7.64. The first-order valence-corrected chi connectivity index (χ1v) is 7.64. The number of hydrogen-bond acceptors (Lipinski definition) is 2. The molecule has 0 spiro atoms. The highest BCUT2D eigenvalue weighted by atomic mass is 16.3. The summed E-state index contributed by atoms with van der Waals surface area (Å²) in [7, 11) is 4.21. The molecule has 110 valence electrons. The lowest BCUT2D eigenvalue weighted by molar-refractivity contribution is 0.0451. The van der Waals surface area contributed by atoms with Gasteiger partial charge < -0.3 is 10.0 Å². The van der Waals surface area contributed by atoms with Gasteiger partial charge in [-0.25, -0.2) is 0 Å². The van der Waals surface area contributed by atoms with E-state index in [0.717, 1.165) is 30.4 Å². The van der Waals surface area contributed by atoms with Crippen molar-refractivity contribution in [2.45, 2.75) is 30.9 Å². The number of rotatable bonds is 2. The van der Waals surface area contributed by atoms with Crippen LogP contribution in [0.25, 0.3) is 0 Å². The summed E-state index contributed by atoms with van der Waals surface area (Å²) >= 11 is 0. The Morgan fingerprint density at radius 3 is 2.38 bits per heavy atom. The first-order chi connectivity index (χ1) is 10.1. The van der Waals surface area contributed by atoms with E-state index in [2.05, 4.69) is 37.2 Å². The molecule has 0 aromatic heterocycles. The summed E-state index contributed by atoms with van der Waals surface area (Å²) in [5.41, 5.74) is 2.43. The van der Waals surface area contributed by atoms with Gasteiger partial charge in [0.25, 0.3) is 0 Å². The maximum atomic E-state index is 11.6. The molecule has 2 atom stereocenters. The van der Waals surface area contributed by atoms with Gasteiger partial charge >= 0.3 is 0 Å². The summed E-state index contributed by atoms with van der Waals surface area (Å²) in [6.45, 7) is 0. The van der Waals surface area contributed by atoms with E-state index < -0.39 is 5.60 Å². The van der Waals surface area contributed by atoms with Gasteiger partial charge in [0, 0.05) is 12.5 Å². The number of benzene rings is 2. The normalized spacial score (nSPS) is 25.4. The highest BCUT2D eigenvalue weighted by Crippen LogP contribution is 2.40. The second kappa shape index (κ2) is 5.63. The molecule has 2 nitrogen and oxygen atoms in total. The fraction of sp³-hybridized carbons (Fsp3) is 0.368. The van der Waals surface area contributed by atoms with Gasteiger partial charge in [0.05, 0.1) is 0 Å². The molecule has 3 rings (SSSR count). The average molecular weight is 281 g/mol. The zero-order valence-corrected chi connectivity index (χ0v) is 12.8. The van der Waals surface area contributed by atoms with E-state index in [1.54, 1.807) is 0 Å². The van der Waals surface area contributed by atoms with Crippen LogP contribution in [0.2, 0.25) is 0 Å². The smallest absolute Gasteiger partial charge is 0.116 e. The van der Waals surface area contributed by atoms with Gasteiger partial charge in [0.1, 0.15) is 5.60 Å². The van der Waals surface area contributed by atoms with Crippen molar-refractivity contribution in [3.63, 3.8) is 0 Å². The molecule has 0 bridgehead atoms. The molecule has 0 saturated heterocycles. The lowest BCUT2D eigenvalue weighted by Crippen LogP contribution is -2.37. The minimum Gasteiger partial charge on any atom is -0.380 e. The summed E-state index contributed by atoms with van der Waals surface area (Å²) in [4.78, 5) is 2.24. The molecule has 21 heavy (non-hydrogen) atoms. The van der Waals surface area contributed by atoms with Gasteiger partial charge in [0.15, 0.2) is 0 Å². The van der Waals surface area contributed by atoms with Crippen LogP contribution in [0.15, 0.2) is 54.6 Å². The van der Waals surface area contributed by atoms with Gasteiger partial charge in [-0.3, -0.25) is 0 Å². The molecule has 2 aromatic carbocycles. The highest BCUT2D eigenvalue weighted by molar-refractivity contribution is 5.42. The van der Waals surface area contributed by atoms with Crippen molar-refractivity contribution in [3.05, 3.63) is 71.3 Å². The molecule has 0 saturated carbocycles. The van der Waals surface area contributed by atoms with Gasteiger partial charge in [-0.2, -0.15) is 0 Å². The van der Waals surface area contributed by atoms with Gasteiger partial charge in [0.2, 0.25) is 0 Å². The Hall–Kier alpha value is -1.64. The maximum Gasteiger partial charge on any atom is 0.116 e. The molecular formula is C19H23NO. The minimum absolute atomic E-state index is 0.377. The quantitative estimate of drug-likeness (QED) is 0.855. The second-order valence-electron chi connectivity index (χ2n) is 6.24. The Kier molecular flexibility index (Phi) is 3.83. The lowest BCUT2D eigenvalue weighted by Gasteiger charge is -2.34. The SMILES string of the molecule is CN(C)C1CCc2ccccc2C(O)(c2ccccc2)C1. The molecule has 1 aliphatic carbocycles. The summed E-state index contributed by atoms with van der Waals surface area (Å²) < 4.78 is 0. The van der Waals surface area contributed by atoms with E-state index >= 15 is 0 Å². The highest BCUT2D eigenvalue weighted by Gasteiger charge is 2.38. The van der Waals surface area contributed by atoms with Crippen molar-refractivity contribution < 1.29 is 5.11 Å². The molecule has 0 radical (unpaired) electrons. The van der Waals surface area contributed by atoms with Crippen molar-refractivity contribution in [1.82, 2.24) is 4.90 Å². The number of hydrogen-bond donors (Lipinski definition) is 1. The van der Waals surface area contributed by atoms with Crippen LogP contribution < -0.4 is 0 Å². The van der Waals surface area contributed by atoms with E-state index in [1.165, 1.54) is 5.56 Å². The minimum atomic E-state index is -0.900. The van der Waals surface area contributed by atoms with Crippen LogP contribution in [0.3, 0.4) is 0 Å². The zero-order valence-electron chi connectivity index (χ0n) is 12.8. The Morgan fingerprint density at radius 1 is 1.00 bits per heavy atom. The van der Waals surface area contributed by atoms with E-state index in [1.807, 2.05) is 36.4 Å². The van der Waals surface area contributed by atoms with Gasteiger partial charge in [-0.15, -0.1) is 0 Å². The first kappa shape index (κ1) is 14.3. The molecule has 0 fully saturated rings. The van der Waals surface area contributed by atoms with Gasteiger partial charge in [-0.1, -0.05) is 54.6 Å². The molecular weight excluding hydrogens is 258 g/mol. The van der Waals surface area contributed by atoms with E-state index in [-0.39, 0.29) is 0 Å². The van der Waals surface area contributed by atoms with Crippen molar-refractivity contribution >= 4 is 0 Å². The topological polar surface area (TPSA) is 23.5 Å².